The van der Waals surface area contributed by atoms with Crippen LogP contribution < -0.4 is 10.1 Å². The first-order valence-electron chi connectivity index (χ1n) is 9.35. The molecule has 1 atom stereocenters. The van der Waals surface area contributed by atoms with Crippen molar-refractivity contribution in [1.29, 1.82) is 0 Å². The Labute approximate surface area is 163 Å². The third-order valence-corrected chi connectivity index (χ3v) is 4.59. The molecule has 5 nitrogen and oxygen atoms in total. The smallest absolute Gasteiger partial charge is 0.345 e. The minimum absolute atomic E-state index is 0.186. The average molecular weight is 375 g/mol. The first kappa shape index (κ1) is 18.0. The van der Waals surface area contributed by atoms with Gasteiger partial charge in [-0.1, -0.05) is 60.7 Å². The number of hydrogen-bond acceptors (Lipinski definition) is 4. The molecule has 0 bridgehead atoms. The first-order chi connectivity index (χ1) is 13.7. The van der Waals surface area contributed by atoms with Crippen molar-refractivity contribution < 1.29 is 19.1 Å². The van der Waals surface area contributed by atoms with Crippen LogP contribution in [-0.4, -0.2) is 24.5 Å². The molecule has 3 aromatic carbocycles. The van der Waals surface area contributed by atoms with Gasteiger partial charge in [0.05, 0.1) is 0 Å². The van der Waals surface area contributed by atoms with Gasteiger partial charge in [0, 0.05) is 11.6 Å². The summed E-state index contributed by atoms with van der Waals surface area (Å²) in [6.45, 7) is -0.265. The summed E-state index contributed by atoms with van der Waals surface area (Å²) < 4.78 is 11.0. The number of fused-ring (bicyclic) bond motifs is 1. The highest BCUT2D eigenvalue weighted by atomic mass is 16.6. The van der Waals surface area contributed by atoms with Crippen molar-refractivity contribution in [3.8, 4) is 5.75 Å². The van der Waals surface area contributed by atoms with Gasteiger partial charge < -0.3 is 14.8 Å². The van der Waals surface area contributed by atoms with Crippen molar-refractivity contribution in [1.82, 2.24) is 5.32 Å². The van der Waals surface area contributed by atoms with Crippen LogP contribution in [0.15, 0.2) is 72.8 Å². The van der Waals surface area contributed by atoms with E-state index in [1.807, 2.05) is 60.7 Å². The molecule has 0 aromatic heterocycles. The van der Waals surface area contributed by atoms with E-state index in [-0.39, 0.29) is 18.6 Å². The summed E-state index contributed by atoms with van der Waals surface area (Å²) in [4.78, 5) is 24.9. The van der Waals surface area contributed by atoms with Crippen molar-refractivity contribution in [3.05, 3.63) is 78.4 Å². The SMILES string of the molecule is O=C(COc1ccc2ccccc2c1)O[C@@H](C(=O)NC1CC1)c1ccccc1. The molecule has 3 aromatic rings. The predicted molar refractivity (Wildman–Crippen MR) is 106 cm³/mol. The van der Waals surface area contributed by atoms with Crippen molar-refractivity contribution in [2.75, 3.05) is 6.61 Å². The van der Waals surface area contributed by atoms with E-state index in [0.29, 0.717) is 11.3 Å². The molecule has 0 aliphatic heterocycles. The van der Waals surface area contributed by atoms with Crippen LogP contribution in [0.1, 0.15) is 24.5 Å². The second-order valence-electron chi connectivity index (χ2n) is 6.86. The number of rotatable bonds is 7. The average Bonchev–Trinajstić information content (AvgIpc) is 3.55. The van der Waals surface area contributed by atoms with Gasteiger partial charge in [-0.05, 0) is 35.7 Å². The summed E-state index contributed by atoms with van der Waals surface area (Å²) in [6.07, 6.45) is 0.952. The molecule has 0 unspecified atom stereocenters. The van der Waals surface area contributed by atoms with Crippen molar-refractivity contribution in [2.45, 2.75) is 25.0 Å². The van der Waals surface area contributed by atoms with Crippen LogP contribution in [0.2, 0.25) is 0 Å². The summed E-state index contributed by atoms with van der Waals surface area (Å²) >= 11 is 0. The highest BCUT2D eigenvalue weighted by molar-refractivity contribution is 5.86. The molecule has 0 heterocycles. The lowest BCUT2D eigenvalue weighted by Gasteiger charge is -2.18. The van der Waals surface area contributed by atoms with E-state index >= 15 is 0 Å². The molecular formula is C23H21NO4. The molecule has 5 heteroatoms. The molecule has 1 fully saturated rings. The number of ether oxygens (including phenoxy) is 2. The molecular weight excluding hydrogens is 354 g/mol. The van der Waals surface area contributed by atoms with Gasteiger partial charge in [-0.25, -0.2) is 4.79 Å². The van der Waals surface area contributed by atoms with Crippen LogP contribution in [0.5, 0.6) is 5.75 Å². The summed E-state index contributed by atoms with van der Waals surface area (Å²) in [5, 5.41) is 5.02. The Hall–Kier alpha value is -3.34. The Kier molecular flexibility index (Phi) is 5.24. The van der Waals surface area contributed by atoms with Gasteiger partial charge in [0.2, 0.25) is 6.10 Å². The van der Waals surface area contributed by atoms with E-state index in [1.54, 1.807) is 12.1 Å². The summed E-state index contributed by atoms with van der Waals surface area (Å²) in [7, 11) is 0. The zero-order valence-corrected chi connectivity index (χ0v) is 15.3. The standard InChI is InChI=1S/C23H21NO4/c25-21(15-27-20-13-10-16-6-4-5-9-18(16)14-20)28-22(17-7-2-1-3-8-17)23(26)24-19-11-12-19/h1-10,13-14,19,22H,11-12,15H2,(H,24,26)/t22-/m1/s1. The van der Waals surface area contributed by atoms with Crippen LogP contribution in [0.25, 0.3) is 10.8 Å². The zero-order valence-electron chi connectivity index (χ0n) is 15.3. The Balaban J connectivity index is 1.41. The summed E-state index contributed by atoms with van der Waals surface area (Å²) in [5.74, 6) is -0.310. The first-order valence-corrected chi connectivity index (χ1v) is 9.35. The zero-order chi connectivity index (χ0) is 19.3. The van der Waals surface area contributed by atoms with Crippen molar-refractivity contribution >= 4 is 22.6 Å². The van der Waals surface area contributed by atoms with Crippen LogP contribution in [0.3, 0.4) is 0 Å². The van der Waals surface area contributed by atoms with Crippen LogP contribution in [0, 0.1) is 0 Å². The van der Waals surface area contributed by atoms with E-state index in [4.69, 9.17) is 9.47 Å². The number of esters is 1. The number of benzene rings is 3. The number of nitrogens with one attached hydrogen (secondary N) is 1. The lowest BCUT2D eigenvalue weighted by molar-refractivity contribution is -0.158. The summed E-state index contributed by atoms with van der Waals surface area (Å²) in [5.41, 5.74) is 0.639. The Morgan fingerprint density at radius 1 is 0.929 bits per heavy atom. The molecule has 1 saturated carbocycles. The molecule has 1 aliphatic carbocycles. The maximum Gasteiger partial charge on any atom is 0.345 e. The third-order valence-electron chi connectivity index (χ3n) is 4.59. The third kappa shape index (κ3) is 4.49. The topological polar surface area (TPSA) is 64.6 Å². The monoisotopic (exact) mass is 375 g/mol. The Morgan fingerprint density at radius 2 is 1.64 bits per heavy atom. The maximum absolute atomic E-state index is 12.5. The molecule has 1 aliphatic rings. The lowest BCUT2D eigenvalue weighted by Crippen LogP contribution is -2.34. The fraction of sp³-hybridized carbons (Fsp3) is 0.217. The highest BCUT2D eigenvalue weighted by Crippen LogP contribution is 2.24. The van der Waals surface area contributed by atoms with Crippen LogP contribution in [-0.2, 0) is 14.3 Å². The van der Waals surface area contributed by atoms with Gasteiger partial charge in [-0.15, -0.1) is 0 Å². The molecule has 142 valence electrons. The fourth-order valence-corrected chi connectivity index (χ4v) is 2.97. The van der Waals surface area contributed by atoms with E-state index in [1.165, 1.54) is 0 Å². The number of carbonyl (C=O) groups excluding carboxylic acids is 2. The number of carbonyl (C=O) groups is 2. The lowest BCUT2D eigenvalue weighted by atomic mass is 10.1. The quantitative estimate of drug-likeness (QED) is 0.638. The van der Waals surface area contributed by atoms with Crippen molar-refractivity contribution in [2.24, 2.45) is 0 Å². The minimum Gasteiger partial charge on any atom is -0.482 e. The molecule has 1 amide bonds. The van der Waals surface area contributed by atoms with Crippen LogP contribution in [0.4, 0.5) is 0 Å². The van der Waals surface area contributed by atoms with E-state index in [0.717, 1.165) is 23.6 Å². The predicted octanol–water partition coefficient (Wildman–Crippen LogP) is 3.78. The molecule has 0 radical (unpaired) electrons. The fourth-order valence-electron chi connectivity index (χ4n) is 2.97. The normalized spacial score (nSPS) is 14.3. The van der Waals surface area contributed by atoms with Gasteiger partial charge in [-0.2, -0.15) is 0 Å². The Morgan fingerprint density at radius 3 is 2.39 bits per heavy atom. The maximum atomic E-state index is 12.5. The van der Waals surface area contributed by atoms with Gasteiger partial charge >= 0.3 is 5.97 Å². The molecule has 4 rings (SSSR count). The molecule has 28 heavy (non-hydrogen) atoms. The van der Waals surface area contributed by atoms with Gasteiger partial charge in [0.15, 0.2) is 6.61 Å². The van der Waals surface area contributed by atoms with Gasteiger partial charge in [-0.3, -0.25) is 4.79 Å². The van der Waals surface area contributed by atoms with Crippen molar-refractivity contribution in [3.63, 3.8) is 0 Å². The minimum atomic E-state index is -0.977. The van der Waals surface area contributed by atoms with E-state index in [2.05, 4.69) is 5.32 Å². The van der Waals surface area contributed by atoms with E-state index in [9.17, 15) is 9.59 Å². The largest absolute Gasteiger partial charge is 0.482 e. The number of amides is 1. The Bertz CT molecular complexity index is 982. The molecule has 1 N–H and O–H groups in total. The van der Waals surface area contributed by atoms with Gasteiger partial charge in [0.1, 0.15) is 5.75 Å². The van der Waals surface area contributed by atoms with Gasteiger partial charge in [0.25, 0.3) is 5.91 Å². The second kappa shape index (κ2) is 8.13. The summed E-state index contributed by atoms with van der Waals surface area (Å²) in [6, 6.07) is 22.7. The number of hydrogen-bond donors (Lipinski definition) is 1. The highest BCUT2D eigenvalue weighted by Gasteiger charge is 2.30. The second-order valence-corrected chi connectivity index (χ2v) is 6.86. The molecule has 0 saturated heterocycles. The van der Waals surface area contributed by atoms with E-state index < -0.39 is 12.1 Å². The molecule has 0 spiro atoms. The van der Waals surface area contributed by atoms with Crippen LogP contribution >= 0.6 is 0 Å².